The van der Waals surface area contributed by atoms with Gasteiger partial charge in [0.2, 0.25) is 5.91 Å². The van der Waals surface area contributed by atoms with Gasteiger partial charge in [0.15, 0.2) is 0 Å². The summed E-state index contributed by atoms with van der Waals surface area (Å²) in [6, 6.07) is 32.1. The second-order valence-electron chi connectivity index (χ2n) is 8.52. The van der Waals surface area contributed by atoms with E-state index in [9.17, 15) is 14.4 Å². The number of halogens is 1. The van der Waals surface area contributed by atoms with Gasteiger partial charge in [0.05, 0.1) is 5.25 Å². The number of hydrogen-bond donors (Lipinski definition) is 3. The van der Waals surface area contributed by atoms with Crippen LogP contribution in [0.25, 0.3) is 6.08 Å². The molecule has 1 atom stereocenters. The van der Waals surface area contributed by atoms with Crippen LogP contribution in [0.3, 0.4) is 0 Å². The number of benzene rings is 4. The topological polar surface area (TPSA) is 87.3 Å². The summed E-state index contributed by atoms with van der Waals surface area (Å²) in [7, 11) is 0. The van der Waals surface area contributed by atoms with Gasteiger partial charge in [-0.2, -0.15) is 0 Å². The molecule has 6 nitrogen and oxygen atoms in total. The van der Waals surface area contributed by atoms with Crippen molar-refractivity contribution < 1.29 is 14.4 Å². The summed E-state index contributed by atoms with van der Waals surface area (Å²) in [5.41, 5.74) is 2.55. The average molecular weight is 556 g/mol. The van der Waals surface area contributed by atoms with Crippen LogP contribution in [-0.4, -0.2) is 23.0 Å². The molecule has 0 aliphatic heterocycles. The fourth-order valence-corrected chi connectivity index (χ4v) is 4.50. The number of hydrogen-bond acceptors (Lipinski definition) is 4. The van der Waals surface area contributed by atoms with E-state index >= 15 is 0 Å². The number of nitrogens with one attached hydrogen (secondary N) is 3. The minimum Gasteiger partial charge on any atom is -0.325 e. The largest absolute Gasteiger partial charge is 0.325 e. The van der Waals surface area contributed by atoms with Crippen molar-refractivity contribution in [1.29, 1.82) is 0 Å². The number of carbonyl (C=O) groups excluding carboxylic acids is 3. The van der Waals surface area contributed by atoms with Gasteiger partial charge in [-0.15, -0.1) is 11.8 Å². The van der Waals surface area contributed by atoms with Gasteiger partial charge in [-0.05, 0) is 79.2 Å². The first kappa shape index (κ1) is 27.7. The van der Waals surface area contributed by atoms with Crippen molar-refractivity contribution in [3.8, 4) is 0 Å². The van der Waals surface area contributed by atoms with Crippen molar-refractivity contribution in [2.45, 2.75) is 17.1 Å². The Morgan fingerprint density at radius 3 is 1.95 bits per heavy atom. The number of carbonyl (C=O) groups is 3. The van der Waals surface area contributed by atoms with Crippen LogP contribution < -0.4 is 16.0 Å². The highest BCUT2D eigenvalue weighted by Gasteiger charge is 2.17. The molecule has 0 aliphatic rings. The number of thioether (sulfide) groups is 1. The van der Waals surface area contributed by atoms with Crippen LogP contribution in [0.15, 0.2) is 120 Å². The summed E-state index contributed by atoms with van der Waals surface area (Å²) in [5, 5.41) is 8.69. The summed E-state index contributed by atoms with van der Waals surface area (Å²) in [6.45, 7) is 1.82. The number of anilines is 2. The quantitative estimate of drug-likeness (QED) is 0.155. The zero-order chi connectivity index (χ0) is 27.6. The zero-order valence-electron chi connectivity index (χ0n) is 21.1. The predicted molar refractivity (Wildman–Crippen MR) is 159 cm³/mol. The minimum atomic E-state index is -0.459. The molecule has 8 heteroatoms. The van der Waals surface area contributed by atoms with E-state index in [2.05, 4.69) is 16.0 Å². The van der Waals surface area contributed by atoms with E-state index in [1.165, 1.54) is 11.8 Å². The normalized spacial score (nSPS) is 11.8. The highest BCUT2D eigenvalue weighted by molar-refractivity contribution is 8.00. The molecule has 3 amide bonds. The van der Waals surface area contributed by atoms with Crippen molar-refractivity contribution in [3.63, 3.8) is 0 Å². The number of rotatable bonds is 9. The lowest BCUT2D eigenvalue weighted by Crippen LogP contribution is -2.30. The molecule has 0 fully saturated rings. The van der Waals surface area contributed by atoms with Gasteiger partial charge < -0.3 is 16.0 Å². The van der Waals surface area contributed by atoms with E-state index in [1.54, 1.807) is 66.7 Å². The maximum atomic E-state index is 13.2. The number of amides is 3. The van der Waals surface area contributed by atoms with Crippen molar-refractivity contribution in [2.75, 3.05) is 10.6 Å². The average Bonchev–Trinajstić information content (AvgIpc) is 2.96. The molecule has 3 N–H and O–H groups in total. The minimum absolute atomic E-state index is 0.112. The molecule has 0 saturated carbocycles. The Morgan fingerprint density at radius 2 is 1.31 bits per heavy atom. The standard InChI is InChI=1S/C31H26ClN3O3S/c1-21(29(36)33-25-14-12-24(32)13-15-25)39-27-18-16-26(17-19-27)34-31(38)28(20-22-8-4-2-5-9-22)35-30(37)23-10-6-3-7-11-23/h2-21H,1H3,(H,33,36)(H,34,38)(H,35,37)/b28-20-. The van der Waals surface area contributed by atoms with Crippen LogP contribution in [0.2, 0.25) is 5.02 Å². The maximum absolute atomic E-state index is 13.2. The zero-order valence-corrected chi connectivity index (χ0v) is 22.6. The molecular weight excluding hydrogens is 530 g/mol. The summed E-state index contributed by atoms with van der Waals surface area (Å²) < 4.78 is 0. The lowest BCUT2D eigenvalue weighted by Gasteiger charge is -2.13. The third-order valence-electron chi connectivity index (χ3n) is 5.55. The first-order chi connectivity index (χ1) is 18.9. The monoisotopic (exact) mass is 555 g/mol. The molecule has 0 bridgehead atoms. The Hall–Kier alpha value is -4.33. The van der Waals surface area contributed by atoms with E-state index in [0.29, 0.717) is 22.0 Å². The van der Waals surface area contributed by atoms with Gasteiger partial charge in [0.25, 0.3) is 11.8 Å². The molecule has 0 aliphatic carbocycles. The van der Waals surface area contributed by atoms with Crippen molar-refractivity contribution >= 4 is 58.5 Å². The first-order valence-corrected chi connectivity index (χ1v) is 13.4. The summed E-state index contributed by atoms with van der Waals surface area (Å²) in [4.78, 5) is 39.4. The molecule has 39 heavy (non-hydrogen) atoms. The van der Waals surface area contributed by atoms with Crippen LogP contribution >= 0.6 is 23.4 Å². The highest BCUT2D eigenvalue weighted by Crippen LogP contribution is 2.26. The maximum Gasteiger partial charge on any atom is 0.272 e. The molecule has 0 heterocycles. The molecule has 0 aromatic heterocycles. The van der Waals surface area contributed by atoms with Gasteiger partial charge in [-0.25, -0.2) is 0 Å². The van der Waals surface area contributed by atoms with E-state index in [-0.39, 0.29) is 22.8 Å². The lowest BCUT2D eigenvalue weighted by molar-refractivity contribution is -0.115. The smallest absolute Gasteiger partial charge is 0.272 e. The molecule has 0 saturated heterocycles. The highest BCUT2D eigenvalue weighted by atomic mass is 35.5. The molecule has 1 unspecified atom stereocenters. The molecule has 0 radical (unpaired) electrons. The van der Waals surface area contributed by atoms with E-state index in [1.807, 2.05) is 55.5 Å². The fraction of sp³-hybridized carbons (Fsp3) is 0.0645. The molecule has 4 aromatic rings. The van der Waals surface area contributed by atoms with Crippen molar-refractivity contribution in [2.24, 2.45) is 0 Å². The van der Waals surface area contributed by atoms with Crippen LogP contribution in [-0.2, 0) is 9.59 Å². The third-order valence-corrected chi connectivity index (χ3v) is 6.91. The van der Waals surface area contributed by atoms with Gasteiger partial charge in [0.1, 0.15) is 5.70 Å². The Kier molecular flexibility index (Phi) is 9.56. The Labute approximate surface area is 236 Å². The predicted octanol–water partition coefficient (Wildman–Crippen LogP) is 6.87. The van der Waals surface area contributed by atoms with Crippen LogP contribution in [0, 0.1) is 0 Å². The van der Waals surface area contributed by atoms with Gasteiger partial charge in [-0.3, -0.25) is 14.4 Å². The van der Waals surface area contributed by atoms with Crippen LogP contribution in [0.5, 0.6) is 0 Å². The van der Waals surface area contributed by atoms with E-state index in [0.717, 1.165) is 10.5 Å². The van der Waals surface area contributed by atoms with Crippen molar-refractivity contribution in [1.82, 2.24) is 5.32 Å². The van der Waals surface area contributed by atoms with Gasteiger partial charge in [0, 0.05) is 26.9 Å². The SMILES string of the molecule is CC(Sc1ccc(NC(=O)/C(=C/c2ccccc2)NC(=O)c2ccccc2)cc1)C(=O)Nc1ccc(Cl)cc1. The van der Waals surface area contributed by atoms with Gasteiger partial charge in [-0.1, -0.05) is 60.1 Å². The van der Waals surface area contributed by atoms with Crippen LogP contribution in [0.4, 0.5) is 11.4 Å². The van der Waals surface area contributed by atoms with Crippen LogP contribution in [0.1, 0.15) is 22.8 Å². The Morgan fingerprint density at radius 1 is 0.744 bits per heavy atom. The summed E-state index contributed by atoms with van der Waals surface area (Å²) in [6.07, 6.45) is 1.63. The molecule has 0 spiro atoms. The lowest BCUT2D eigenvalue weighted by atomic mass is 10.1. The molecular formula is C31H26ClN3O3S. The van der Waals surface area contributed by atoms with Gasteiger partial charge >= 0.3 is 0 Å². The summed E-state index contributed by atoms with van der Waals surface area (Å²) in [5.74, 6) is -0.977. The Bertz CT molecular complexity index is 1460. The fourth-order valence-electron chi connectivity index (χ4n) is 3.51. The van der Waals surface area contributed by atoms with E-state index in [4.69, 9.17) is 11.6 Å². The third kappa shape index (κ3) is 8.33. The Balaban J connectivity index is 1.41. The first-order valence-electron chi connectivity index (χ1n) is 12.1. The van der Waals surface area contributed by atoms with Crippen molar-refractivity contribution in [3.05, 3.63) is 131 Å². The summed E-state index contributed by atoms with van der Waals surface area (Å²) >= 11 is 7.30. The second-order valence-corrected chi connectivity index (χ2v) is 10.4. The van der Waals surface area contributed by atoms with E-state index < -0.39 is 5.91 Å². The molecule has 4 rings (SSSR count). The second kappa shape index (κ2) is 13.5. The molecule has 196 valence electrons. The molecule has 4 aromatic carbocycles.